The summed E-state index contributed by atoms with van der Waals surface area (Å²) in [5.74, 6) is 1.98. The number of carbonyl (C=O) groups is 1. The Morgan fingerprint density at radius 3 is 2.44 bits per heavy atom. The van der Waals surface area contributed by atoms with Gasteiger partial charge in [-0.05, 0) is 44.9 Å². The molecule has 0 aromatic heterocycles. The zero-order valence-electron chi connectivity index (χ0n) is 10.6. The summed E-state index contributed by atoms with van der Waals surface area (Å²) in [6.07, 6.45) is 8.96. The normalized spacial score (nSPS) is 34.6. The molecule has 2 saturated carbocycles. The molecule has 2 nitrogen and oxygen atoms in total. The van der Waals surface area contributed by atoms with Gasteiger partial charge in [0.05, 0.1) is 12.0 Å². The molecule has 16 heavy (non-hydrogen) atoms. The molecule has 0 heterocycles. The molecule has 2 aliphatic carbocycles. The molecular weight excluding hydrogens is 200 g/mol. The highest BCUT2D eigenvalue weighted by Gasteiger charge is 2.35. The van der Waals surface area contributed by atoms with Gasteiger partial charge in [0.1, 0.15) is 0 Å². The number of hydrogen-bond donors (Lipinski definition) is 0. The number of esters is 1. The molecule has 3 atom stereocenters. The van der Waals surface area contributed by atoms with E-state index in [0.29, 0.717) is 0 Å². The van der Waals surface area contributed by atoms with Crippen LogP contribution >= 0.6 is 0 Å². The second kappa shape index (κ2) is 5.20. The fraction of sp³-hybridized carbons (Fsp3) is 0.929. The van der Waals surface area contributed by atoms with Crippen LogP contribution in [0.3, 0.4) is 0 Å². The molecule has 0 aromatic carbocycles. The number of ether oxygens (including phenoxy) is 1. The average molecular weight is 224 g/mol. The zero-order valence-corrected chi connectivity index (χ0v) is 10.6. The summed E-state index contributed by atoms with van der Waals surface area (Å²) >= 11 is 0. The van der Waals surface area contributed by atoms with Gasteiger partial charge in [-0.3, -0.25) is 4.79 Å². The van der Waals surface area contributed by atoms with E-state index in [1.54, 1.807) is 0 Å². The first-order valence-corrected chi connectivity index (χ1v) is 6.87. The van der Waals surface area contributed by atoms with Gasteiger partial charge in [0.2, 0.25) is 0 Å². The van der Waals surface area contributed by atoms with Crippen molar-refractivity contribution in [1.82, 2.24) is 0 Å². The summed E-state index contributed by atoms with van der Waals surface area (Å²) < 4.78 is 5.33. The van der Waals surface area contributed by atoms with Gasteiger partial charge in [0, 0.05) is 0 Å². The molecule has 0 saturated heterocycles. The lowest BCUT2D eigenvalue weighted by molar-refractivity contribution is -0.154. The minimum absolute atomic E-state index is 0.0385. The standard InChI is InChI=1S/C14H24O2/c1-10(2)16-14(15)13-8-7-11-5-3-4-6-12(11)9-13/h10-13H,3-9H2,1-2H3. The zero-order chi connectivity index (χ0) is 11.5. The second-order valence-corrected chi connectivity index (χ2v) is 5.80. The maximum absolute atomic E-state index is 11.9. The maximum atomic E-state index is 11.9. The molecule has 0 spiro atoms. The summed E-state index contributed by atoms with van der Waals surface area (Å²) in [4.78, 5) is 11.9. The molecule has 0 bridgehead atoms. The summed E-state index contributed by atoms with van der Waals surface area (Å²) in [7, 11) is 0. The van der Waals surface area contributed by atoms with Crippen LogP contribution in [0.5, 0.6) is 0 Å². The van der Waals surface area contributed by atoms with Gasteiger partial charge in [-0.25, -0.2) is 0 Å². The predicted molar refractivity (Wildman–Crippen MR) is 64.0 cm³/mol. The Balaban J connectivity index is 1.87. The molecule has 3 unspecified atom stereocenters. The molecule has 0 N–H and O–H groups in total. The molecule has 0 amide bonds. The minimum Gasteiger partial charge on any atom is -0.463 e. The molecule has 92 valence electrons. The summed E-state index contributed by atoms with van der Waals surface area (Å²) in [6, 6.07) is 0. The van der Waals surface area contributed by atoms with E-state index in [-0.39, 0.29) is 18.0 Å². The third-order valence-electron chi connectivity index (χ3n) is 4.22. The van der Waals surface area contributed by atoms with Gasteiger partial charge in [-0.1, -0.05) is 25.7 Å². The van der Waals surface area contributed by atoms with Gasteiger partial charge < -0.3 is 4.74 Å². The van der Waals surface area contributed by atoms with Crippen LogP contribution < -0.4 is 0 Å². The van der Waals surface area contributed by atoms with Crippen molar-refractivity contribution in [3.05, 3.63) is 0 Å². The van der Waals surface area contributed by atoms with Crippen LogP contribution in [-0.4, -0.2) is 12.1 Å². The van der Waals surface area contributed by atoms with Gasteiger partial charge >= 0.3 is 5.97 Å². The highest BCUT2D eigenvalue weighted by atomic mass is 16.5. The molecule has 2 rings (SSSR count). The fourth-order valence-corrected chi connectivity index (χ4v) is 3.42. The number of fused-ring (bicyclic) bond motifs is 1. The average Bonchev–Trinajstić information content (AvgIpc) is 2.27. The smallest absolute Gasteiger partial charge is 0.309 e. The lowest BCUT2D eigenvalue weighted by Crippen LogP contribution is -2.32. The lowest BCUT2D eigenvalue weighted by Gasteiger charge is -2.38. The predicted octanol–water partition coefficient (Wildman–Crippen LogP) is 3.54. The van der Waals surface area contributed by atoms with Crippen molar-refractivity contribution in [1.29, 1.82) is 0 Å². The van der Waals surface area contributed by atoms with E-state index >= 15 is 0 Å². The van der Waals surface area contributed by atoms with E-state index in [4.69, 9.17) is 4.74 Å². The van der Waals surface area contributed by atoms with Crippen LogP contribution in [0.15, 0.2) is 0 Å². The Bertz CT molecular complexity index is 247. The first-order chi connectivity index (χ1) is 7.66. The van der Waals surface area contributed by atoms with Crippen molar-refractivity contribution in [3.8, 4) is 0 Å². The number of carbonyl (C=O) groups excluding carboxylic acids is 1. The van der Waals surface area contributed by atoms with Crippen LogP contribution in [0.25, 0.3) is 0 Å². The van der Waals surface area contributed by atoms with Crippen LogP contribution in [0.4, 0.5) is 0 Å². The highest BCUT2D eigenvalue weighted by Crippen LogP contribution is 2.42. The van der Waals surface area contributed by atoms with E-state index in [1.165, 1.54) is 32.1 Å². The first kappa shape index (κ1) is 11.9. The Morgan fingerprint density at radius 1 is 1.06 bits per heavy atom. The molecule has 0 aromatic rings. The topological polar surface area (TPSA) is 26.3 Å². The van der Waals surface area contributed by atoms with Gasteiger partial charge in [-0.15, -0.1) is 0 Å². The van der Waals surface area contributed by atoms with E-state index in [0.717, 1.165) is 24.7 Å². The summed E-state index contributed by atoms with van der Waals surface area (Å²) in [6.45, 7) is 3.87. The van der Waals surface area contributed by atoms with E-state index in [1.807, 2.05) is 13.8 Å². The van der Waals surface area contributed by atoms with Crippen molar-refractivity contribution in [2.45, 2.75) is 64.9 Å². The van der Waals surface area contributed by atoms with E-state index < -0.39 is 0 Å². The van der Waals surface area contributed by atoms with Crippen molar-refractivity contribution in [2.75, 3.05) is 0 Å². The maximum Gasteiger partial charge on any atom is 0.309 e. The molecular formula is C14H24O2. The third-order valence-corrected chi connectivity index (χ3v) is 4.22. The van der Waals surface area contributed by atoms with Gasteiger partial charge in [0.25, 0.3) is 0 Å². The second-order valence-electron chi connectivity index (χ2n) is 5.80. The van der Waals surface area contributed by atoms with Crippen LogP contribution in [0.1, 0.15) is 58.8 Å². The van der Waals surface area contributed by atoms with Gasteiger partial charge in [0.15, 0.2) is 0 Å². The highest BCUT2D eigenvalue weighted by molar-refractivity contribution is 5.72. The van der Waals surface area contributed by atoms with Crippen LogP contribution in [0.2, 0.25) is 0 Å². The molecule has 2 aliphatic rings. The number of rotatable bonds is 2. The Hall–Kier alpha value is -0.530. The Labute approximate surface area is 98.7 Å². The minimum atomic E-state index is 0.0385. The molecule has 2 fully saturated rings. The quantitative estimate of drug-likeness (QED) is 0.671. The van der Waals surface area contributed by atoms with Crippen LogP contribution in [0, 0.1) is 17.8 Å². The van der Waals surface area contributed by atoms with Crippen molar-refractivity contribution in [3.63, 3.8) is 0 Å². The van der Waals surface area contributed by atoms with Crippen molar-refractivity contribution >= 4 is 5.97 Å². The summed E-state index contributed by atoms with van der Waals surface area (Å²) in [5.41, 5.74) is 0. The largest absolute Gasteiger partial charge is 0.463 e. The van der Waals surface area contributed by atoms with Gasteiger partial charge in [-0.2, -0.15) is 0 Å². The Kier molecular flexibility index (Phi) is 3.88. The van der Waals surface area contributed by atoms with E-state index in [2.05, 4.69) is 0 Å². The fourth-order valence-electron chi connectivity index (χ4n) is 3.42. The molecule has 0 aliphatic heterocycles. The molecule has 2 heteroatoms. The van der Waals surface area contributed by atoms with Crippen LogP contribution in [-0.2, 0) is 9.53 Å². The van der Waals surface area contributed by atoms with Crippen molar-refractivity contribution in [2.24, 2.45) is 17.8 Å². The SMILES string of the molecule is CC(C)OC(=O)C1CCC2CCCCC2C1. The third kappa shape index (κ3) is 2.78. The van der Waals surface area contributed by atoms with Crippen molar-refractivity contribution < 1.29 is 9.53 Å². The number of hydrogen-bond acceptors (Lipinski definition) is 2. The first-order valence-electron chi connectivity index (χ1n) is 6.87. The molecule has 0 radical (unpaired) electrons. The summed E-state index contributed by atoms with van der Waals surface area (Å²) in [5, 5.41) is 0. The monoisotopic (exact) mass is 224 g/mol. The Morgan fingerprint density at radius 2 is 1.75 bits per heavy atom. The van der Waals surface area contributed by atoms with E-state index in [9.17, 15) is 4.79 Å². The lowest BCUT2D eigenvalue weighted by atomic mass is 9.67.